The van der Waals surface area contributed by atoms with Gasteiger partial charge >= 0.3 is 12.1 Å². The number of amides is 1. The minimum atomic E-state index is -0.653. The molecule has 34 heavy (non-hydrogen) atoms. The third-order valence-corrected chi connectivity index (χ3v) is 5.25. The first-order valence-electron chi connectivity index (χ1n) is 11.0. The maximum atomic E-state index is 12.4. The number of benzene rings is 2. The van der Waals surface area contributed by atoms with E-state index in [1.165, 1.54) is 6.26 Å². The number of anilines is 1. The van der Waals surface area contributed by atoms with E-state index in [2.05, 4.69) is 10.5 Å². The number of nitrogens with one attached hydrogen (secondary N) is 1. The van der Waals surface area contributed by atoms with Crippen LogP contribution in [0, 0.1) is 0 Å². The van der Waals surface area contributed by atoms with Crippen LogP contribution in [-0.2, 0) is 14.3 Å². The van der Waals surface area contributed by atoms with Crippen LogP contribution in [0.1, 0.15) is 44.8 Å². The summed E-state index contributed by atoms with van der Waals surface area (Å²) in [5, 5.41) is 7.17. The molecule has 8 nitrogen and oxygen atoms in total. The van der Waals surface area contributed by atoms with Crippen LogP contribution in [0.4, 0.5) is 10.5 Å². The molecule has 0 radical (unpaired) electrons. The number of hydrogen-bond acceptors (Lipinski definition) is 7. The summed E-state index contributed by atoms with van der Waals surface area (Å²) in [6.07, 6.45) is 1.98. The summed E-state index contributed by atoms with van der Waals surface area (Å²) in [5.74, 6) is 0.497. The van der Waals surface area contributed by atoms with Gasteiger partial charge in [0.1, 0.15) is 29.5 Å². The third kappa shape index (κ3) is 7.25. The van der Waals surface area contributed by atoms with Gasteiger partial charge in [-0.05, 0) is 57.0 Å². The SMILES string of the molecule is CCOC(=O)CCCCOc1ccc(-c2nocc2NC(=O)OC(C)c2ccccc2Cl)cc1. The Morgan fingerprint density at radius 1 is 1.12 bits per heavy atom. The molecule has 180 valence electrons. The van der Waals surface area contributed by atoms with E-state index in [1.54, 1.807) is 38.1 Å². The smallest absolute Gasteiger partial charge is 0.412 e. The highest BCUT2D eigenvalue weighted by Crippen LogP contribution is 2.29. The second-order valence-corrected chi connectivity index (χ2v) is 7.81. The minimum absolute atomic E-state index is 0.189. The summed E-state index contributed by atoms with van der Waals surface area (Å²) in [6.45, 7) is 4.42. The predicted molar refractivity (Wildman–Crippen MR) is 128 cm³/mol. The van der Waals surface area contributed by atoms with Crippen molar-refractivity contribution >= 4 is 29.4 Å². The normalized spacial score (nSPS) is 11.5. The predicted octanol–water partition coefficient (Wildman–Crippen LogP) is 6.42. The summed E-state index contributed by atoms with van der Waals surface area (Å²) in [5.41, 5.74) is 2.28. The molecule has 0 aliphatic carbocycles. The molecule has 3 rings (SSSR count). The van der Waals surface area contributed by atoms with Crippen LogP contribution < -0.4 is 10.1 Å². The molecule has 1 amide bonds. The van der Waals surface area contributed by atoms with Crippen molar-refractivity contribution in [3.05, 3.63) is 65.4 Å². The van der Waals surface area contributed by atoms with Crippen LogP contribution >= 0.6 is 11.6 Å². The van der Waals surface area contributed by atoms with Crippen molar-refractivity contribution in [3.63, 3.8) is 0 Å². The maximum Gasteiger partial charge on any atom is 0.412 e. The molecular weight excluding hydrogens is 460 g/mol. The largest absolute Gasteiger partial charge is 0.494 e. The molecule has 1 aromatic heterocycles. The molecule has 0 bridgehead atoms. The fourth-order valence-corrected chi connectivity index (χ4v) is 3.49. The number of hydrogen-bond donors (Lipinski definition) is 1. The van der Waals surface area contributed by atoms with Crippen molar-refractivity contribution in [1.82, 2.24) is 5.16 Å². The number of carbonyl (C=O) groups excluding carboxylic acids is 2. The Bertz CT molecular complexity index is 1080. The van der Waals surface area contributed by atoms with Crippen LogP contribution in [0.3, 0.4) is 0 Å². The first-order chi connectivity index (χ1) is 16.5. The second-order valence-electron chi connectivity index (χ2n) is 7.41. The highest BCUT2D eigenvalue weighted by atomic mass is 35.5. The monoisotopic (exact) mass is 486 g/mol. The van der Waals surface area contributed by atoms with E-state index in [4.69, 9.17) is 30.3 Å². The van der Waals surface area contributed by atoms with Gasteiger partial charge in [0.05, 0.1) is 13.2 Å². The van der Waals surface area contributed by atoms with Gasteiger partial charge in [-0.1, -0.05) is 35.0 Å². The van der Waals surface area contributed by atoms with Gasteiger partial charge in [-0.3, -0.25) is 10.1 Å². The van der Waals surface area contributed by atoms with Gasteiger partial charge in [-0.15, -0.1) is 0 Å². The lowest BCUT2D eigenvalue weighted by Gasteiger charge is -2.15. The summed E-state index contributed by atoms with van der Waals surface area (Å²) in [7, 11) is 0. The van der Waals surface area contributed by atoms with Gasteiger partial charge < -0.3 is 18.7 Å². The van der Waals surface area contributed by atoms with Gasteiger partial charge in [0.2, 0.25) is 0 Å². The average Bonchev–Trinajstić information content (AvgIpc) is 3.27. The average molecular weight is 487 g/mol. The molecular formula is C25H27ClN2O6. The molecule has 0 spiro atoms. The summed E-state index contributed by atoms with van der Waals surface area (Å²) < 4.78 is 21.1. The van der Waals surface area contributed by atoms with Gasteiger partial charge in [0, 0.05) is 22.6 Å². The summed E-state index contributed by atoms with van der Waals surface area (Å²) in [6, 6.07) is 14.4. The zero-order chi connectivity index (χ0) is 24.3. The summed E-state index contributed by atoms with van der Waals surface area (Å²) in [4.78, 5) is 23.7. The van der Waals surface area contributed by atoms with E-state index in [9.17, 15) is 9.59 Å². The zero-order valence-electron chi connectivity index (χ0n) is 19.1. The zero-order valence-corrected chi connectivity index (χ0v) is 19.8. The van der Waals surface area contributed by atoms with E-state index < -0.39 is 12.2 Å². The molecule has 9 heteroatoms. The molecule has 1 atom stereocenters. The highest BCUT2D eigenvalue weighted by Gasteiger charge is 2.18. The number of ether oxygens (including phenoxy) is 3. The van der Waals surface area contributed by atoms with Crippen LogP contribution in [0.5, 0.6) is 5.75 Å². The Labute approximate surface area is 203 Å². The van der Waals surface area contributed by atoms with Gasteiger partial charge in [-0.25, -0.2) is 4.79 Å². The molecule has 0 aliphatic heterocycles. The first-order valence-corrected chi connectivity index (χ1v) is 11.4. The topological polar surface area (TPSA) is 99.9 Å². The first kappa shape index (κ1) is 25.1. The molecule has 1 heterocycles. The van der Waals surface area contributed by atoms with Crippen LogP contribution in [0.2, 0.25) is 5.02 Å². The summed E-state index contributed by atoms with van der Waals surface area (Å²) >= 11 is 6.17. The molecule has 2 aromatic carbocycles. The molecule has 0 fully saturated rings. The third-order valence-electron chi connectivity index (χ3n) is 4.91. The van der Waals surface area contributed by atoms with Gasteiger partial charge in [0.15, 0.2) is 0 Å². The molecule has 0 saturated heterocycles. The number of esters is 1. The molecule has 0 saturated carbocycles. The van der Waals surface area contributed by atoms with Crippen LogP contribution in [0.25, 0.3) is 11.3 Å². The van der Waals surface area contributed by atoms with E-state index in [-0.39, 0.29) is 5.97 Å². The van der Waals surface area contributed by atoms with Gasteiger partial charge in [-0.2, -0.15) is 0 Å². The number of rotatable bonds is 11. The van der Waals surface area contributed by atoms with Crippen molar-refractivity contribution < 1.29 is 28.3 Å². The molecule has 1 unspecified atom stereocenters. The van der Waals surface area contributed by atoms with Crippen molar-refractivity contribution in [2.75, 3.05) is 18.5 Å². The lowest BCUT2D eigenvalue weighted by molar-refractivity contribution is -0.143. The molecule has 3 aromatic rings. The quantitative estimate of drug-likeness (QED) is 0.246. The standard InChI is InChI=1S/C25H27ClN2O6/c1-3-31-23(29)10-6-7-15-32-19-13-11-18(12-14-19)24-22(16-33-28-24)27-25(30)34-17(2)20-8-4-5-9-21(20)26/h4-5,8-9,11-14,16-17H,3,6-7,10,15H2,1-2H3,(H,27,30). The number of halogens is 1. The number of aromatic nitrogens is 1. The van der Waals surface area contributed by atoms with Gasteiger partial charge in [0.25, 0.3) is 0 Å². The Kier molecular flexibility index (Phi) is 9.34. The van der Waals surface area contributed by atoms with E-state index in [1.807, 2.05) is 24.3 Å². The Morgan fingerprint density at radius 3 is 2.62 bits per heavy atom. The van der Waals surface area contributed by atoms with Crippen molar-refractivity contribution in [1.29, 1.82) is 0 Å². The number of nitrogens with zero attached hydrogens (tertiary/aromatic N) is 1. The van der Waals surface area contributed by atoms with E-state index in [0.717, 1.165) is 12.0 Å². The number of unbranched alkanes of at least 4 members (excludes halogenated alkanes) is 1. The van der Waals surface area contributed by atoms with Crippen LogP contribution in [0.15, 0.2) is 59.3 Å². The Hall–Kier alpha value is -3.52. The molecule has 0 aliphatic rings. The van der Waals surface area contributed by atoms with Crippen molar-refractivity contribution in [2.24, 2.45) is 0 Å². The van der Waals surface area contributed by atoms with Crippen molar-refractivity contribution in [2.45, 2.75) is 39.2 Å². The fourth-order valence-electron chi connectivity index (χ4n) is 3.21. The Morgan fingerprint density at radius 2 is 1.88 bits per heavy atom. The Balaban J connectivity index is 1.51. The lowest BCUT2D eigenvalue weighted by Crippen LogP contribution is -2.16. The lowest BCUT2D eigenvalue weighted by atomic mass is 10.1. The van der Waals surface area contributed by atoms with Crippen LogP contribution in [-0.4, -0.2) is 30.4 Å². The minimum Gasteiger partial charge on any atom is -0.494 e. The second kappa shape index (κ2) is 12.6. The van der Waals surface area contributed by atoms with E-state index >= 15 is 0 Å². The highest BCUT2D eigenvalue weighted by molar-refractivity contribution is 6.31. The van der Waals surface area contributed by atoms with Crippen molar-refractivity contribution in [3.8, 4) is 17.0 Å². The number of carbonyl (C=O) groups is 2. The fraction of sp³-hybridized carbons (Fsp3) is 0.320. The molecule has 1 N–H and O–H groups in total. The maximum absolute atomic E-state index is 12.4. The van der Waals surface area contributed by atoms with E-state index in [0.29, 0.717) is 53.8 Å².